The van der Waals surface area contributed by atoms with Gasteiger partial charge in [-0.05, 0) is 10.9 Å². The smallest absolute Gasteiger partial charge is 0.404 e. The molecule has 0 bridgehead atoms. The summed E-state index contributed by atoms with van der Waals surface area (Å²) in [5.74, 6) is 0.164. The van der Waals surface area contributed by atoms with Crippen LogP contribution >= 0.6 is 7.82 Å². The first-order valence-corrected chi connectivity index (χ1v) is 6.90. The fourth-order valence-corrected chi connectivity index (χ4v) is 2.56. The predicted molar refractivity (Wildman–Crippen MR) is 68.5 cm³/mol. The number of hydrogen-bond donors (Lipinski definition) is 2. The molecule has 18 heavy (non-hydrogen) atoms. The molecule has 2 aromatic rings. The molecule has 1 heterocycles. The van der Waals surface area contributed by atoms with Crippen LogP contribution in [0.5, 0.6) is 5.75 Å². The quantitative estimate of drug-likeness (QED) is 0.816. The Morgan fingerprint density at radius 2 is 1.94 bits per heavy atom. The van der Waals surface area contributed by atoms with Crippen molar-refractivity contribution >= 4 is 30.5 Å². The Labute approximate surface area is 103 Å². The van der Waals surface area contributed by atoms with E-state index in [0.29, 0.717) is 11.1 Å². The molecular weight excluding hydrogens is 253 g/mol. The van der Waals surface area contributed by atoms with E-state index in [4.69, 9.17) is 14.3 Å². The van der Waals surface area contributed by atoms with Gasteiger partial charge in [-0.1, -0.05) is 24.3 Å². The van der Waals surface area contributed by atoms with E-state index < -0.39 is 7.82 Å². The van der Waals surface area contributed by atoms with Crippen LogP contribution < -0.4 is 4.52 Å². The van der Waals surface area contributed by atoms with Crippen molar-refractivity contribution in [1.82, 2.24) is 0 Å². The zero-order valence-corrected chi connectivity index (χ0v) is 10.2. The van der Waals surface area contributed by atoms with Gasteiger partial charge in [0.1, 0.15) is 5.75 Å². The summed E-state index contributed by atoms with van der Waals surface area (Å²) in [4.78, 5) is 22.0. The lowest BCUT2D eigenvalue weighted by atomic mass is 10.0. The van der Waals surface area contributed by atoms with E-state index in [9.17, 15) is 4.57 Å². The second-order valence-electron chi connectivity index (χ2n) is 4.02. The van der Waals surface area contributed by atoms with Crippen LogP contribution in [0.2, 0.25) is 0 Å². The molecule has 2 N–H and O–H groups in total. The predicted octanol–water partition coefficient (Wildman–Crippen LogP) is 2.57. The van der Waals surface area contributed by atoms with Crippen molar-refractivity contribution in [3.05, 3.63) is 35.9 Å². The monoisotopic (exact) mass is 263 g/mol. The molecule has 6 heteroatoms. The lowest BCUT2D eigenvalue weighted by molar-refractivity contribution is 0.284. The Bertz CT molecular complexity index is 705. The molecule has 1 aliphatic heterocycles. The number of nitrogens with zero attached hydrogens (tertiary/aromatic N) is 1. The standard InChI is InChI=1S/C12H10NO4P/c14-18(15,16)17-12-7-11-9(5-6-13-11)8-3-1-2-4-10(8)12/h1-4,6-7H,5H2,(H2,14,15,16). The third-order valence-corrected chi connectivity index (χ3v) is 3.27. The molecule has 0 saturated heterocycles. The van der Waals surface area contributed by atoms with Crippen molar-refractivity contribution in [2.24, 2.45) is 4.99 Å². The topological polar surface area (TPSA) is 79.1 Å². The Kier molecular flexibility index (Phi) is 2.48. The minimum absolute atomic E-state index is 0.164. The maximum atomic E-state index is 11.0. The Balaban J connectivity index is 2.28. The van der Waals surface area contributed by atoms with Crippen molar-refractivity contribution in [2.45, 2.75) is 6.42 Å². The van der Waals surface area contributed by atoms with Gasteiger partial charge in [-0.3, -0.25) is 14.8 Å². The van der Waals surface area contributed by atoms with Crippen LogP contribution in [-0.4, -0.2) is 16.0 Å². The molecule has 0 fully saturated rings. The Morgan fingerprint density at radius 3 is 2.67 bits per heavy atom. The van der Waals surface area contributed by atoms with Crippen LogP contribution in [0.4, 0.5) is 5.69 Å². The molecule has 0 unspecified atom stereocenters. The van der Waals surface area contributed by atoms with Gasteiger partial charge in [0.15, 0.2) is 0 Å². The molecule has 0 amide bonds. The average molecular weight is 263 g/mol. The van der Waals surface area contributed by atoms with Crippen molar-refractivity contribution in [3.63, 3.8) is 0 Å². The molecule has 0 saturated carbocycles. The number of hydrogen-bond acceptors (Lipinski definition) is 3. The van der Waals surface area contributed by atoms with E-state index in [1.54, 1.807) is 24.4 Å². The number of rotatable bonds is 2. The lowest BCUT2D eigenvalue weighted by Crippen LogP contribution is -1.93. The number of fused-ring (bicyclic) bond motifs is 3. The molecule has 5 nitrogen and oxygen atoms in total. The highest BCUT2D eigenvalue weighted by Crippen LogP contribution is 2.44. The van der Waals surface area contributed by atoms with E-state index in [1.807, 2.05) is 12.1 Å². The molecule has 0 aliphatic carbocycles. The van der Waals surface area contributed by atoms with Gasteiger partial charge in [0, 0.05) is 24.1 Å². The first kappa shape index (κ1) is 11.4. The summed E-state index contributed by atoms with van der Waals surface area (Å²) in [7, 11) is -4.57. The fourth-order valence-electron chi connectivity index (χ4n) is 2.16. The first-order chi connectivity index (χ1) is 8.54. The van der Waals surface area contributed by atoms with Gasteiger partial charge in [0.05, 0.1) is 5.69 Å². The summed E-state index contributed by atoms with van der Waals surface area (Å²) in [6.45, 7) is 0. The number of phosphoric ester groups is 1. The molecule has 3 rings (SSSR count). The average Bonchev–Trinajstić information content (AvgIpc) is 2.75. The molecule has 0 radical (unpaired) electrons. The summed E-state index contributed by atoms with van der Waals surface area (Å²) in [5, 5.41) is 1.60. The largest absolute Gasteiger partial charge is 0.524 e. The number of aliphatic imine (C=N–C) groups is 1. The van der Waals surface area contributed by atoms with Gasteiger partial charge in [0.25, 0.3) is 0 Å². The van der Waals surface area contributed by atoms with Crippen molar-refractivity contribution < 1.29 is 18.9 Å². The molecule has 1 aliphatic rings. The van der Waals surface area contributed by atoms with Gasteiger partial charge >= 0.3 is 7.82 Å². The Hall–Kier alpha value is -1.68. The summed E-state index contributed by atoms with van der Waals surface area (Å²) < 4.78 is 15.7. The van der Waals surface area contributed by atoms with Crippen molar-refractivity contribution in [2.75, 3.05) is 0 Å². The summed E-state index contributed by atoms with van der Waals surface area (Å²) in [6, 6.07) is 8.92. The fraction of sp³-hybridized carbons (Fsp3) is 0.0833. The van der Waals surface area contributed by atoms with Gasteiger partial charge in [-0.25, -0.2) is 4.57 Å². The van der Waals surface area contributed by atoms with Crippen LogP contribution in [0.25, 0.3) is 10.8 Å². The van der Waals surface area contributed by atoms with Crippen molar-refractivity contribution in [3.8, 4) is 5.75 Å². The second kappa shape index (κ2) is 3.92. The molecule has 0 spiro atoms. The number of benzene rings is 2. The summed E-state index contributed by atoms with van der Waals surface area (Å²) in [5.41, 5.74) is 1.76. The number of phosphoric acid groups is 1. The molecule has 0 atom stereocenters. The van der Waals surface area contributed by atoms with E-state index in [-0.39, 0.29) is 5.75 Å². The highest BCUT2D eigenvalue weighted by Gasteiger charge is 2.21. The third-order valence-electron chi connectivity index (χ3n) is 2.84. The van der Waals surface area contributed by atoms with Gasteiger partial charge in [0.2, 0.25) is 0 Å². The van der Waals surface area contributed by atoms with Crippen LogP contribution in [0.3, 0.4) is 0 Å². The highest BCUT2D eigenvalue weighted by molar-refractivity contribution is 7.46. The minimum atomic E-state index is -4.57. The SMILES string of the molecule is O=P(O)(O)Oc1cc2c(c3ccccc13)CC=N2. The molecule has 92 valence electrons. The molecule has 0 aromatic heterocycles. The van der Waals surface area contributed by atoms with Gasteiger partial charge in [-0.2, -0.15) is 0 Å². The van der Waals surface area contributed by atoms with Crippen LogP contribution in [0.1, 0.15) is 5.56 Å². The van der Waals surface area contributed by atoms with Gasteiger partial charge < -0.3 is 4.52 Å². The van der Waals surface area contributed by atoms with Crippen molar-refractivity contribution in [1.29, 1.82) is 0 Å². The maximum Gasteiger partial charge on any atom is 0.524 e. The van der Waals surface area contributed by atoms with E-state index in [2.05, 4.69) is 4.99 Å². The summed E-state index contributed by atoms with van der Waals surface area (Å²) in [6.07, 6.45) is 2.50. The third kappa shape index (κ3) is 1.93. The maximum absolute atomic E-state index is 11.0. The zero-order valence-electron chi connectivity index (χ0n) is 9.28. The first-order valence-electron chi connectivity index (χ1n) is 5.37. The summed E-state index contributed by atoms with van der Waals surface area (Å²) >= 11 is 0. The van der Waals surface area contributed by atoms with Crippen LogP contribution in [0, 0.1) is 0 Å². The van der Waals surface area contributed by atoms with E-state index >= 15 is 0 Å². The second-order valence-corrected chi connectivity index (χ2v) is 5.18. The minimum Gasteiger partial charge on any atom is -0.404 e. The Morgan fingerprint density at radius 1 is 1.22 bits per heavy atom. The van der Waals surface area contributed by atoms with E-state index in [1.165, 1.54) is 0 Å². The van der Waals surface area contributed by atoms with E-state index in [0.717, 1.165) is 17.4 Å². The normalized spacial score (nSPS) is 13.9. The van der Waals surface area contributed by atoms with Gasteiger partial charge in [-0.15, -0.1) is 0 Å². The molecule has 2 aromatic carbocycles. The molecular formula is C12H10NO4P. The lowest BCUT2D eigenvalue weighted by Gasteiger charge is -2.12. The highest BCUT2D eigenvalue weighted by atomic mass is 31.2. The van der Waals surface area contributed by atoms with Crippen LogP contribution in [-0.2, 0) is 11.0 Å². The van der Waals surface area contributed by atoms with Crippen LogP contribution in [0.15, 0.2) is 35.3 Å². The zero-order chi connectivity index (χ0) is 12.8.